The summed E-state index contributed by atoms with van der Waals surface area (Å²) in [6.45, 7) is 7.85. The van der Waals surface area contributed by atoms with Crippen molar-refractivity contribution in [2.24, 2.45) is 5.41 Å². The molecule has 0 spiro atoms. The van der Waals surface area contributed by atoms with Gasteiger partial charge in [-0.15, -0.1) is 10.2 Å². The molecule has 0 aromatic carbocycles. The van der Waals surface area contributed by atoms with Gasteiger partial charge in [0, 0.05) is 12.3 Å². The Labute approximate surface area is 101 Å². The van der Waals surface area contributed by atoms with Gasteiger partial charge in [0.05, 0.1) is 6.42 Å². The Bertz CT molecular complexity index is 385. The molecular weight excluding hydrogens is 220 g/mol. The minimum absolute atomic E-state index is 0.0913. The van der Waals surface area contributed by atoms with E-state index in [-0.39, 0.29) is 17.8 Å². The van der Waals surface area contributed by atoms with E-state index in [0.717, 1.165) is 6.42 Å². The fourth-order valence-electron chi connectivity index (χ4n) is 1.59. The number of hydrogen-bond acceptors (Lipinski definition) is 4. The predicted molar refractivity (Wildman–Crippen MR) is 62.7 cm³/mol. The molecule has 0 radical (unpaired) electrons. The monoisotopic (exact) mass is 240 g/mol. The van der Waals surface area contributed by atoms with E-state index >= 15 is 0 Å². The maximum absolute atomic E-state index is 10.7. The Balaban J connectivity index is 2.68. The summed E-state index contributed by atoms with van der Waals surface area (Å²) < 4.78 is 5.54. The molecule has 1 atom stereocenters. The van der Waals surface area contributed by atoms with Gasteiger partial charge in [-0.1, -0.05) is 27.7 Å². The van der Waals surface area contributed by atoms with Crippen molar-refractivity contribution in [1.82, 2.24) is 10.2 Å². The van der Waals surface area contributed by atoms with Crippen LogP contribution >= 0.6 is 0 Å². The number of nitrogens with zero attached hydrogens (tertiary/aromatic N) is 2. The lowest BCUT2D eigenvalue weighted by molar-refractivity contribution is -0.139. The molecule has 5 heteroatoms. The Morgan fingerprint density at radius 2 is 2.12 bits per heavy atom. The third kappa shape index (κ3) is 4.17. The highest BCUT2D eigenvalue weighted by molar-refractivity contribution is 5.67. The summed E-state index contributed by atoms with van der Waals surface area (Å²) in [7, 11) is 0. The molecule has 0 fully saturated rings. The zero-order valence-corrected chi connectivity index (χ0v) is 10.9. The van der Waals surface area contributed by atoms with Crippen molar-refractivity contribution >= 4 is 5.97 Å². The van der Waals surface area contributed by atoms with Gasteiger partial charge in [-0.3, -0.25) is 4.79 Å². The average molecular weight is 240 g/mol. The summed E-state index contributed by atoms with van der Waals surface area (Å²) in [5.74, 6) is 0.593. The zero-order chi connectivity index (χ0) is 13.1. The molecule has 1 aromatic rings. The predicted octanol–water partition coefficient (Wildman–Crippen LogP) is 2.63. The minimum atomic E-state index is -0.809. The molecule has 1 heterocycles. The average Bonchev–Trinajstić information content (AvgIpc) is 2.61. The van der Waals surface area contributed by atoms with Crippen LogP contribution in [0.3, 0.4) is 0 Å². The quantitative estimate of drug-likeness (QED) is 0.827. The molecule has 5 nitrogen and oxygen atoms in total. The molecule has 17 heavy (non-hydrogen) atoms. The number of aromatic nitrogens is 2. The molecule has 0 aliphatic heterocycles. The van der Waals surface area contributed by atoms with Crippen LogP contribution in [0.15, 0.2) is 4.42 Å². The number of aliphatic carboxylic acids is 1. The first kappa shape index (κ1) is 13.7. The van der Waals surface area contributed by atoms with E-state index in [1.807, 2.05) is 20.8 Å². The summed E-state index contributed by atoms with van der Waals surface area (Å²) in [4.78, 5) is 10.7. The van der Waals surface area contributed by atoms with Crippen molar-refractivity contribution < 1.29 is 14.3 Å². The fraction of sp³-hybridized carbons (Fsp3) is 0.750. The zero-order valence-electron chi connectivity index (χ0n) is 10.9. The molecule has 1 aromatic heterocycles. The van der Waals surface area contributed by atoms with Crippen LogP contribution in [0.2, 0.25) is 0 Å². The molecule has 96 valence electrons. The van der Waals surface area contributed by atoms with E-state index in [1.165, 1.54) is 0 Å². The van der Waals surface area contributed by atoms with Crippen molar-refractivity contribution in [2.75, 3.05) is 0 Å². The van der Waals surface area contributed by atoms with E-state index in [2.05, 4.69) is 17.1 Å². The van der Waals surface area contributed by atoms with Crippen LogP contribution in [0.5, 0.6) is 0 Å². The van der Waals surface area contributed by atoms with Gasteiger partial charge in [0.1, 0.15) is 0 Å². The SMILES string of the molecule is CCC(C)c1nnc(CC(C)(C)CC(=O)O)o1. The molecule has 1 unspecified atom stereocenters. The Kier molecular flexibility index (Phi) is 4.26. The molecule has 0 saturated heterocycles. The van der Waals surface area contributed by atoms with Gasteiger partial charge in [-0.25, -0.2) is 0 Å². The third-order valence-electron chi connectivity index (χ3n) is 2.78. The minimum Gasteiger partial charge on any atom is -0.481 e. The van der Waals surface area contributed by atoms with Gasteiger partial charge >= 0.3 is 5.97 Å². The highest BCUT2D eigenvalue weighted by Gasteiger charge is 2.25. The second kappa shape index (κ2) is 5.29. The maximum atomic E-state index is 10.7. The molecular formula is C12H20N2O3. The van der Waals surface area contributed by atoms with Crippen molar-refractivity contribution in [3.63, 3.8) is 0 Å². The Hall–Kier alpha value is -1.39. The molecule has 0 bridgehead atoms. The topological polar surface area (TPSA) is 76.2 Å². The normalized spacial score (nSPS) is 13.6. The number of carbonyl (C=O) groups is 1. The standard InChI is InChI=1S/C12H20N2O3/c1-5-8(2)11-14-13-9(17-11)6-12(3,4)7-10(15)16/h8H,5-7H2,1-4H3,(H,15,16). The maximum Gasteiger partial charge on any atom is 0.303 e. The highest BCUT2D eigenvalue weighted by atomic mass is 16.4. The fourth-order valence-corrected chi connectivity index (χ4v) is 1.59. The molecule has 1 N–H and O–H groups in total. The van der Waals surface area contributed by atoms with Crippen molar-refractivity contribution in [3.05, 3.63) is 11.8 Å². The van der Waals surface area contributed by atoms with Gasteiger partial charge in [-0.05, 0) is 11.8 Å². The van der Waals surface area contributed by atoms with Crippen LogP contribution in [0.25, 0.3) is 0 Å². The van der Waals surface area contributed by atoms with Crippen molar-refractivity contribution in [1.29, 1.82) is 0 Å². The Morgan fingerprint density at radius 1 is 1.47 bits per heavy atom. The van der Waals surface area contributed by atoms with Gasteiger partial charge < -0.3 is 9.52 Å². The first-order valence-corrected chi connectivity index (χ1v) is 5.88. The van der Waals surface area contributed by atoms with E-state index in [9.17, 15) is 4.79 Å². The van der Waals surface area contributed by atoms with Crippen LogP contribution in [-0.4, -0.2) is 21.3 Å². The Morgan fingerprint density at radius 3 is 2.65 bits per heavy atom. The molecule has 1 rings (SSSR count). The van der Waals surface area contributed by atoms with Crippen LogP contribution in [-0.2, 0) is 11.2 Å². The van der Waals surface area contributed by atoms with Gasteiger partial charge in [0.2, 0.25) is 11.8 Å². The highest BCUT2D eigenvalue weighted by Crippen LogP contribution is 2.26. The second-order valence-electron chi connectivity index (χ2n) is 5.25. The van der Waals surface area contributed by atoms with E-state index in [4.69, 9.17) is 9.52 Å². The first-order chi connectivity index (χ1) is 7.84. The summed E-state index contributed by atoms with van der Waals surface area (Å²) in [6, 6.07) is 0. The van der Waals surface area contributed by atoms with Gasteiger partial charge in [0.15, 0.2) is 0 Å². The van der Waals surface area contributed by atoms with Crippen LogP contribution in [0.1, 0.15) is 58.2 Å². The van der Waals surface area contributed by atoms with E-state index in [0.29, 0.717) is 18.2 Å². The lowest BCUT2D eigenvalue weighted by Crippen LogP contribution is -2.19. The van der Waals surface area contributed by atoms with Crippen LogP contribution in [0.4, 0.5) is 0 Å². The second-order valence-corrected chi connectivity index (χ2v) is 5.25. The lowest BCUT2D eigenvalue weighted by Gasteiger charge is -2.19. The third-order valence-corrected chi connectivity index (χ3v) is 2.78. The van der Waals surface area contributed by atoms with Crippen LogP contribution in [0, 0.1) is 5.41 Å². The summed E-state index contributed by atoms with van der Waals surface area (Å²) in [5, 5.41) is 16.7. The molecule has 0 saturated carbocycles. The first-order valence-electron chi connectivity index (χ1n) is 5.88. The van der Waals surface area contributed by atoms with Gasteiger partial charge in [-0.2, -0.15) is 0 Å². The number of hydrogen-bond donors (Lipinski definition) is 1. The molecule has 0 aliphatic rings. The number of carboxylic acids is 1. The lowest BCUT2D eigenvalue weighted by atomic mass is 9.86. The number of rotatable bonds is 6. The number of carboxylic acid groups (broad SMARTS) is 1. The van der Waals surface area contributed by atoms with Gasteiger partial charge in [0.25, 0.3) is 0 Å². The molecule has 0 amide bonds. The van der Waals surface area contributed by atoms with Crippen molar-refractivity contribution in [3.8, 4) is 0 Å². The summed E-state index contributed by atoms with van der Waals surface area (Å²) in [5.41, 5.74) is -0.370. The van der Waals surface area contributed by atoms with Crippen molar-refractivity contribution in [2.45, 2.75) is 52.9 Å². The smallest absolute Gasteiger partial charge is 0.303 e. The largest absolute Gasteiger partial charge is 0.481 e. The van der Waals surface area contributed by atoms with E-state index in [1.54, 1.807) is 0 Å². The molecule has 0 aliphatic carbocycles. The van der Waals surface area contributed by atoms with Crippen LogP contribution < -0.4 is 0 Å². The summed E-state index contributed by atoms with van der Waals surface area (Å²) >= 11 is 0. The van der Waals surface area contributed by atoms with E-state index < -0.39 is 5.97 Å². The summed E-state index contributed by atoms with van der Waals surface area (Å²) in [6.07, 6.45) is 1.52.